The number of fused-ring (bicyclic) bond motifs is 1. The lowest BCUT2D eigenvalue weighted by atomic mass is 10.1. The molecule has 4 aromatic rings. The molecule has 0 bridgehead atoms. The molecule has 4 rings (SSSR count). The first-order valence-corrected chi connectivity index (χ1v) is 8.09. The fourth-order valence-corrected chi connectivity index (χ4v) is 2.75. The van der Waals surface area contributed by atoms with Crippen LogP contribution in [0.4, 0.5) is 5.82 Å². The SMILES string of the molecule is Cc1cc(-n2ncc(C#N)c2NC(=O)c2cnccn2)nc2ccccc12. The third-order valence-corrected chi connectivity index (χ3v) is 4.04. The molecule has 0 saturated carbocycles. The second kappa shape index (κ2) is 6.65. The normalized spacial score (nSPS) is 10.5. The second-order valence-electron chi connectivity index (χ2n) is 5.79. The number of benzene rings is 1. The van der Waals surface area contributed by atoms with Crippen molar-refractivity contribution in [3.8, 4) is 11.9 Å². The summed E-state index contributed by atoms with van der Waals surface area (Å²) in [6.45, 7) is 1.97. The third-order valence-electron chi connectivity index (χ3n) is 4.04. The Kier molecular flexibility index (Phi) is 4.03. The van der Waals surface area contributed by atoms with Gasteiger partial charge in [0, 0.05) is 17.8 Å². The number of nitriles is 1. The van der Waals surface area contributed by atoms with E-state index in [1.54, 1.807) is 0 Å². The van der Waals surface area contributed by atoms with Crippen LogP contribution in [0.5, 0.6) is 0 Å². The summed E-state index contributed by atoms with van der Waals surface area (Å²) in [7, 11) is 0. The standard InChI is InChI=1S/C19H13N7O/c1-12-8-17(24-15-5-3-2-4-14(12)15)26-18(13(9-20)10-23-26)25-19(27)16-11-21-6-7-22-16/h2-8,10-11H,1H3,(H,25,27). The molecule has 27 heavy (non-hydrogen) atoms. The van der Waals surface area contributed by atoms with Gasteiger partial charge in [0.05, 0.1) is 17.9 Å². The zero-order valence-electron chi connectivity index (χ0n) is 14.3. The zero-order chi connectivity index (χ0) is 18.8. The van der Waals surface area contributed by atoms with Gasteiger partial charge in [-0.05, 0) is 24.6 Å². The smallest absolute Gasteiger partial charge is 0.277 e. The van der Waals surface area contributed by atoms with Crippen LogP contribution in [0.15, 0.2) is 55.1 Å². The van der Waals surface area contributed by atoms with Crippen LogP contribution in [-0.2, 0) is 0 Å². The van der Waals surface area contributed by atoms with E-state index in [4.69, 9.17) is 0 Å². The maximum Gasteiger partial charge on any atom is 0.277 e. The van der Waals surface area contributed by atoms with Crippen LogP contribution in [0.1, 0.15) is 21.6 Å². The van der Waals surface area contributed by atoms with E-state index in [-0.39, 0.29) is 17.1 Å². The lowest BCUT2D eigenvalue weighted by Gasteiger charge is -2.10. The van der Waals surface area contributed by atoms with Crippen molar-refractivity contribution in [2.45, 2.75) is 6.92 Å². The highest BCUT2D eigenvalue weighted by Crippen LogP contribution is 2.23. The molecule has 0 radical (unpaired) electrons. The summed E-state index contributed by atoms with van der Waals surface area (Å²) >= 11 is 0. The van der Waals surface area contributed by atoms with Crippen LogP contribution in [0.2, 0.25) is 0 Å². The Morgan fingerprint density at radius 3 is 2.85 bits per heavy atom. The Balaban J connectivity index is 1.80. The number of nitrogens with zero attached hydrogens (tertiary/aromatic N) is 6. The van der Waals surface area contributed by atoms with Crippen LogP contribution in [0, 0.1) is 18.3 Å². The largest absolute Gasteiger partial charge is 0.304 e. The molecule has 3 heterocycles. The predicted octanol–water partition coefficient (Wildman–Crippen LogP) is 2.64. The van der Waals surface area contributed by atoms with Gasteiger partial charge in [0.2, 0.25) is 0 Å². The fraction of sp³-hybridized carbons (Fsp3) is 0.0526. The number of aromatic nitrogens is 5. The van der Waals surface area contributed by atoms with Gasteiger partial charge in [0.25, 0.3) is 5.91 Å². The molecule has 8 nitrogen and oxygen atoms in total. The molecule has 0 saturated heterocycles. The van der Waals surface area contributed by atoms with Gasteiger partial charge < -0.3 is 5.32 Å². The van der Waals surface area contributed by atoms with E-state index in [1.807, 2.05) is 43.3 Å². The first-order chi connectivity index (χ1) is 13.2. The van der Waals surface area contributed by atoms with Crippen LogP contribution in [0.25, 0.3) is 16.7 Å². The van der Waals surface area contributed by atoms with E-state index < -0.39 is 5.91 Å². The van der Waals surface area contributed by atoms with E-state index >= 15 is 0 Å². The molecule has 0 aliphatic carbocycles. The number of carbonyl (C=O) groups is 1. The van der Waals surface area contributed by atoms with Gasteiger partial charge in [0.1, 0.15) is 17.3 Å². The van der Waals surface area contributed by atoms with Crippen molar-refractivity contribution in [2.75, 3.05) is 5.32 Å². The number of nitrogens with one attached hydrogen (secondary N) is 1. The van der Waals surface area contributed by atoms with Crippen LogP contribution < -0.4 is 5.32 Å². The summed E-state index contributed by atoms with van der Waals surface area (Å²) in [6.07, 6.45) is 5.63. The average Bonchev–Trinajstić information content (AvgIpc) is 3.11. The number of anilines is 1. The molecule has 130 valence electrons. The minimum absolute atomic E-state index is 0.136. The van der Waals surface area contributed by atoms with Gasteiger partial charge in [0.15, 0.2) is 11.6 Å². The molecule has 1 aromatic carbocycles. The number of aryl methyl sites for hydroxylation is 1. The van der Waals surface area contributed by atoms with Gasteiger partial charge in [-0.1, -0.05) is 18.2 Å². The van der Waals surface area contributed by atoms with Crippen molar-refractivity contribution < 1.29 is 4.79 Å². The van der Waals surface area contributed by atoms with Gasteiger partial charge >= 0.3 is 0 Å². The molecule has 1 amide bonds. The number of pyridine rings is 1. The number of amides is 1. The Morgan fingerprint density at radius 1 is 1.22 bits per heavy atom. The quantitative estimate of drug-likeness (QED) is 0.605. The van der Waals surface area contributed by atoms with Gasteiger partial charge in [-0.25, -0.2) is 9.97 Å². The first kappa shape index (κ1) is 16.4. The third kappa shape index (κ3) is 2.98. The van der Waals surface area contributed by atoms with Crippen molar-refractivity contribution in [1.82, 2.24) is 24.7 Å². The molecule has 0 spiro atoms. The van der Waals surface area contributed by atoms with E-state index in [2.05, 4.69) is 25.4 Å². The van der Waals surface area contributed by atoms with E-state index in [0.29, 0.717) is 5.82 Å². The number of hydrogen-bond acceptors (Lipinski definition) is 6. The van der Waals surface area contributed by atoms with Crippen LogP contribution >= 0.6 is 0 Å². The van der Waals surface area contributed by atoms with Crippen LogP contribution in [-0.4, -0.2) is 30.6 Å². The molecule has 1 N–H and O–H groups in total. The maximum atomic E-state index is 12.5. The van der Waals surface area contributed by atoms with Crippen molar-refractivity contribution >= 4 is 22.6 Å². The molecule has 8 heteroatoms. The molecular formula is C19H13N7O. The summed E-state index contributed by atoms with van der Waals surface area (Å²) in [5.41, 5.74) is 2.17. The lowest BCUT2D eigenvalue weighted by Crippen LogP contribution is -2.17. The number of rotatable bonds is 3. The minimum Gasteiger partial charge on any atom is -0.304 e. The van der Waals surface area contributed by atoms with Crippen molar-refractivity contribution in [2.24, 2.45) is 0 Å². The van der Waals surface area contributed by atoms with Gasteiger partial charge in [-0.15, -0.1) is 0 Å². The second-order valence-corrected chi connectivity index (χ2v) is 5.79. The topological polar surface area (TPSA) is 109 Å². The fourth-order valence-electron chi connectivity index (χ4n) is 2.75. The molecule has 0 atom stereocenters. The van der Waals surface area contributed by atoms with Crippen molar-refractivity contribution in [3.63, 3.8) is 0 Å². The Hall–Kier alpha value is -4.12. The van der Waals surface area contributed by atoms with Crippen molar-refractivity contribution in [1.29, 1.82) is 5.26 Å². The molecule has 3 aromatic heterocycles. The number of carbonyl (C=O) groups excluding carboxylic acids is 1. The highest BCUT2D eigenvalue weighted by Gasteiger charge is 2.18. The minimum atomic E-state index is -0.487. The number of para-hydroxylation sites is 1. The molecular weight excluding hydrogens is 342 g/mol. The summed E-state index contributed by atoms with van der Waals surface area (Å²) in [6, 6.07) is 11.6. The average molecular weight is 355 g/mol. The van der Waals surface area contributed by atoms with Gasteiger partial charge in [-0.3, -0.25) is 9.78 Å². The maximum absolute atomic E-state index is 12.5. The highest BCUT2D eigenvalue weighted by atomic mass is 16.2. The van der Waals surface area contributed by atoms with E-state index in [9.17, 15) is 10.1 Å². The number of hydrogen-bond donors (Lipinski definition) is 1. The molecule has 0 aliphatic rings. The van der Waals surface area contributed by atoms with Gasteiger partial charge in [-0.2, -0.15) is 15.0 Å². The Bertz CT molecular complexity index is 1190. The Labute approximate surface area is 154 Å². The molecule has 0 unspecified atom stereocenters. The summed E-state index contributed by atoms with van der Waals surface area (Å²) in [5.74, 6) is 0.247. The first-order valence-electron chi connectivity index (χ1n) is 8.09. The Morgan fingerprint density at radius 2 is 2.07 bits per heavy atom. The summed E-state index contributed by atoms with van der Waals surface area (Å²) in [4.78, 5) is 24.9. The summed E-state index contributed by atoms with van der Waals surface area (Å²) in [5, 5.41) is 17.3. The highest BCUT2D eigenvalue weighted by molar-refractivity contribution is 6.03. The van der Waals surface area contributed by atoms with Crippen molar-refractivity contribution in [3.05, 3.63) is 71.9 Å². The molecule has 0 fully saturated rings. The monoisotopic (exact) mass is 355 g/mol. The van der Waals surface area contributed by atoms with E-state index in [1.165, 1.54) is 29.5 Å². The lowest BCUT2D eigenvalue weighted by molar-refractivity contribution is 0.102. The molecule has 0 aliphatic heterocycles. The predicted molar refractivity (Wildman–Crippen MR) is 98.3 cm³/mol. The van der Waals surface area contributed by atoms with Crippen LogP contribution in [0.3, 0.4) is 0 Å². The van der Waals surface area contributed by atoms with E-state index in [0.717, 1.165) is 16.5 Å². The zero-order valence-corrected chi connectivity index (χ0v) is 14.3. The summed E-state index contributed by atoms with van der Waals surface area (Å²) < 4.78 is 1.44.